The largest absolute Gasteiger partial charge is 0.491 e. The summed E-state index contributed by atoms with van der Waals surface area (Å²) in [4.78, 5) is 14.3. The van der Waals surface area contributed by atoms with Crippen molar-refractivity contribution in [3.63, 3.8) is 0 Å². The minimum atomic E-state index is -0.880. The molecule has 0 heterocycles. The van der Waals surface area contributed by atoms with Crippen molar-refractivity contribution < 1.29 is 18.3 Å². The number of urea groups is 1. The number of anilines is 1. The van der Waals surface area contributed by atoms with Gasteiger partial charge >= 0.3 is 6.03 Å². The third kappa shape index (κ3) is 5.65. The molecule has 146 valence electrons. The van der Waals surface area contributed by atoms with Gasteiger partial charge in [-0.1, -0.05) is 24.3 Å². The molecule has 0 radical (unpaired) electrons. The lowest BCUT2D eigenvalue weighted by atomic mass is 10.1. The Morgan fingerprint density at radius 1 is 1.15 bits per heavy atom. The van der Waals surface area contributed by atoms with Crippen LogP contribution in [-0.4, -0.2) is 31.1 Å². The Labute approximate surface area is 158 Å². The van der Waals surface area contributed by atoms with Gasteiger partial charge in [0.05, 0.1) is 7.11 Å². The highest BCUT2D eigenvalue weighted by atomic mass is 19.1. The SMILES string of the molecule is COc1c(F)cc(NC(=O)NCc2ccccc2CN(C)C(C)C)cc1F. The number of ether oxygens (including phenoxy) is 1. The lowest BCUT2D eigenvalue weighted by Crippen LogP contribution is -2.30. The number of carbonyl (C=O) groups excluding carboxylic acids is 1. The van der Waals surface area contributed by atoms with Gasteiger partial charge in [-0.2, -0.15) is 0 Å². The zero-order valence-electron chi connectivity index (χ0n) is 16.0. The van der Waals surface area contributed by atoms with Gasteiger partial charge in [-0.3, -0.25) is 4.90 Å². The maximum absolute atomic E-state index is 13.7. The molecule has 0 spiro atoms. The predicted octanol–water partition coefficient (Wildman–Crippen LogP) is 4.14. The van der Waals surface area contributed by atoms with E-state index in [1.807, 2.05) is 31.3 Å². The molecule has 0 atom stereocenters. The molecule has 0 aliphatic heterocycles. The van der Waals surface area contributed by atoms with Crippen molar-refractivity contribution in [1.29, 1.82) is 0 Å². The monoisotopic (exact) mass is 377 g/mol. The number of hydrogen-bond donors (Lipinski definition) is 2. The molecule has 2 rings (SSSR count). The van der Waals surface area contributed by atoms with Gasteiger partial charge in [0.1, 0.15) is 0 Å². The van der Waals surface area contributed by atoms with Crippen LogP contribution in [0.25, 0.3) is 0 Å². The summed E-state index contributed by atoms with van der Waals surface area (Å²) < 4.78 is 32.0. The first-order chi connectivity index (χ1) is 12.8. The van der Waals surface area contributed by atoms with Crippen LogP contribution in [0.15, 0.2) is 36.4 Å². The molecule has 0 saturated heterocycles. The maximum atomic E-state index is 13.7. The topological polar surface area (TPSA) is 53.6 Å². The molecule has 0 unspecified atom stereocenters. The van der Waals surface area contributed by atoms with E-state index in [-0.39, 0.29) is 5.69 Å². The summed E-state index contributed by atoms with van der Waals surface area (Å²) in [5.41, 5.74) is 2.10. The summed E-state index contributed by atoms with van der Waals surface area (Å²) in [5, 5.41) is 5.14. The highest BCUT2D eigenvalue weighted by Crippen LogP contribution is 2.25. The molecule has 0 bridgehead atoms. The van der Waals surface area contributed by atoms with E-state index in [9.17, 15) is 13.6 Å². The number of amides is 2. The van der Waals surface area contributed by atoms with Crippen molar-refractivity contribution in [2.24, 2.45) is 0 Å². The summed E-state index contributed by atoms with van der Waals surface area (Å²) in [6, 6.07) is 9.68. The summed E-state index contributed by atoms with van der Waals surface area (Å²) in [7, 11) is 3.21. The third-order valence-electron chi connectivity index (χ3n) is 4.32. The summed E-state index contributed by atoms with van der Waals surface area (Å²) in [6.07, 6.45) is 0. The number of carbonyl (C=O) groups is 1. The second kappa shape index (κ2) is 9.32. The van der Waals surface area contributed by atoms with E-state index in [0.29, 0.717) is 12.6 Å². The molecule has 27 heavy (non-hydrogen) atoms. The highest BCUT2D eigenvalue weighted by molar-refractivity contribution is 5.89. The van der Waals surface area contributed by atoms with Crippen molar-refractivity contribution in [3.05, 3.63) is 59.2 Å². The third-order valence-corrected chi connectivity index (χ3v) is 4.32. The van der Waals surface area contributed by atoms with Crippen LogP contribution in [0.5, 0.6) is 5.75 Å². The Balaban J connectivity index is 2.00. The van der Waals surface area contributed by atoms with E-state index in [4.69, 9.17) is 0 Å². The number of rotatable bonds is 7. The number of halogens is 2. The van der Waals surface area contributed by atoms with Crippen LogP contribution in [0.4, 0.5) is 19.3 Å². The van der Waals surface area contributed by atoms with Crippen LogP contribution in [0.3, 0.4) is 0 Å². The van der Waals surface area contributed by atoms with Crippen LogP contribution in [-0.2, 0) is 13.1 Å². The Morgan fingerprint density at radius 3 is 2.30 bits per heavy atom. The Bertz CT molecular complexity index is 774. The van der Waals surface area contributed by atoms with Crippen LogP contribution < -0.4 is 15.4 Å². The molecular weight excluding hydrogens is 352 g/mol. The molecule has 0 saturated carbocycles. The lowest BCUT2D eigenvalue weighted by molar-refractivity contribution is 0.251. The maximum Gasteiger partial charge on any atom is 0.319 e. The first-order valence-corrected chi connectivity index (χ1v) is 8.66. The second-order valence-corrected chi connectivity index (χ2v) is 6.56. The van der Waals surface area contributed by atoms with Crippen molar-refractivity contribution in [2.45, 2.75) is 33.0 Å². The number of hydrogen-bond acceptors (Lipinski definition) is 3. The Hall–Kier alpha value is -2.67. The Morgan fingerprint density at radius 2 is 1.74 bits per heavy atom. The first kappa shape index (κ1) is 20.6. The number of nitrogens with one attached hydrogen (secondary N) is 2. The first-order valence-electron chi connectivity index (χ1n) is 8.66. The zero-order chi connectivity index (χ0) is 20.0. The summed E-state index contributed by atoms with van der Waals surface area (Å²) in [6.45, 7) is 5.28. The molecule has 2 aromatic rings. The fourth-order valence-corrected chi connectivity index (χ4v) is 2.51. The van der Waals surface area contributed by atoms with E-state index < -0.39 is 23.4 Å². The fraction of sp³-hybridized carbons (Fsp3) is 0.350. The van der Waals surface area contributed by atoms with Crippen molar-refractivity contribution in [3.8, 4) is 5.75 Å². The molecule has 0 aromatic heterocycles. The smallest absolute Gasteiger partial charge is 0.319 e. The highest BCUT2D eigenvalue weighted by Gasteiger charge is 2.13. The van der Waals surface area contributed by atoms with Gasteiger partial charge in [-0.15, -0.1) is 0 Å². The molecule has 0 aliphatic rings. The lowest BCUT2D eigenvalue weighted by Gasteiger charge is -2.22. The van der Waals surface area contributed by atoms with E-state index >= 15 is 0 Å². The van der Waals surface area contributed by atoms with Crippen LogP contribution in [0.1, 0.15) is 25.0 Å². The molecule has 0 fully saturated rings. The van der Waals surface area contributed by atoms with Crippen LogP contribution >= 0.6 is 0 Å². The van der Waals surface area contributed by atoms with Crippen LogP contribution in [0.2, 0.25) is 0 Å². The molecule has 2 N–H and O–H groups in total. The van der Waals surface area contributed by atoms with E-state index in [2.05, 4.69) is 34.1 Å². The molecule has 2 aromatic carbocycles. The van der Waals surface area contributed by atoms with Crippen molar-refractivity contribution in [2.75, 3.05) is 19.5 Å². The normalized spacial score (nSPS) is 11.0. The van der Waals surface area contributed by atoms with Crippen molar-refractivity contribution >= 4 is 11.7 Å². The van der Waals surface area contributed by atoms with Crippen molar-refractivity contribution in [1.82, 2.24) is 10.2 Å². The number of nitrogens with zero attached hydrogens (tertiary/aromatic N) is 1. The number of benzene rings is 2. The van der Waals surface area contributed by atoms with Gasteiger partial charge in [-0.25, -0.2) is 13.6 Å². The summed E-state index contributed by atoms with van der Waals surface area (Å²) in [5.74, 6) is -2.24. The van der Waals surface area contributed by atoms with Crippen LogP contribution in [0, 0.1) is 11.6 Å². The molecule has 7 heteroatoms. The van der Waals surface area contributed by atoms with E-state index in [0.717, 1.165) is 29.8 Å². The predicted molar refractivity (Wildman–Crippen MR) is 102 cm³/mol. The van der Waals surface area contributed by atoms with Gasteiger partial charge in [0, 0.05) is 37.0 Å². The average molecular weight is 377 g/mol. The van der Waals surface area contributed by atoms with E-state index in [1.54, 1.807) is 0 Å². The summed E-state index contributed by atoms with van der Waals surface area (Å²) >= 11 is 0. The van der Waals surface area contributed by atoms with Gasteiger partial charge in [-0.05, 0) is 32.0 Å². The molecule has 5 nitrogen and oxygen atoms in total. The molecule has 2 amide bonds. The van der Waals surface area contributed by atoms with E-state index in [1.165, 1.54) is 7.11 Å². The minimum absolute atomic E-state index is 0.0103. The van der Waals surface area contributed by atoms with Gasteiger partial charge < -0.3 is 15.4 Å². The average Bonchev–Trinajstić information content (AvgIpc) is 2.60. The van der Waals surface area contributed by atoms with Gasteiger partial charge in [0.2, 0.25) is 0 Å². The van der Waals surface area contributed by atoms with Gasteiger partial charge in [0.25, 0.3) is 0 Å². The molecule has 0 aliphatic carbocycles. The quantitative estimate of drug-likeness (QED) is 0.763. The number of methoxy groups -OCH3 is 1. The fourth-order valence-electron chi connectivity index (χ4n) is 2.51. The zero-order valence-corrected chi connectivity index (χ0v) is 16.0. The van der Waals surface area contributed by atoms with Gasteiger partial charge in [0.15, 0.2) is 17.4 Å². The standard InChI is InChI=1S/C20H25F2N3O2/c1-13(2)25(3)12-15-8-6-5-7-14(15)11-23-20(26)24-16-9-17(21)19(27-4)18(22)10-16/h5-10,13H,11-12H2,1-4H3,(H2,23,24,26). The minimum Gasteiger partial charge on any atom is -0.491 e. The molecular formula is C20H25F2N3O2. The second-order valence-electron chi connectivity index (χ2n) is 6.56. The Kier molecular flexibility index (Phi) is 7.12.